The lowest BCUT2D eigenvalue weighted by molar-refractivity contribution is 0.443. The molecule has 1 aliphatic carbocycles. The van der Waals surface area contributed by atoms with Gasteiger partial charge in [0.25, 0.3) is 0 Å². The maximum Gasteiger partial charge on any atom is 0.0934 e. The summed E-state index contributed by atoms with van der Waals surface area (Å²) in [5.41, 5.74) is 1.43. The van der Waals surface area contributed by atoms with Crippen LogP contribution in [0.3, 0.4) is 0 Å². The number of halogens is 1. The van der Waals surface area contributed by atoms with Gasteiger partial charge in [0.05, 0.1) is 4.34 Å². The third-order valence-electron chi connectivity index (χ3n) is 3.60. The first-order valence-corrected chi connectivity index (χ1v) is 8.01. The van der Waals surface area contributed by atoms with E-state index in [9.17, 15) is 0 Å². The summed E-state index contributed by atoms with van der Waals surface area (Å²) < 4.78 is 2.91. The average molecular weight is 296 g/mol. The van der Waals surface area contributed by atoms with Crippen LogP contribution in [0.2, 0.25) is 4.34 Å². The Labute approximate surface area is 122 Å². The van der Waals surface area contributed by atoms with Crippen molar-refractivity contribution in [2.75, 3.05) is 6.54 Å². The number of aryl methyl sites for hydroxylation is 2. The second-order valence-corrected chi connectivity index (χ2v) is 6.72. The molecule has 1 unspecified atom stereocenters. The fourth-order valence-electron chi connectivity index (χ4n) is 2.68. The molecule has 0 aromatic carbocycles. The first-order valence-electron chi connectivity index (χ1n) is 6.82. The summed E-state index contributed by atoms with van der Waals surface area (Å²) in [5.74, 6) is 0. The van der Waals surface area contributed by atoms with Crippen molar-refractivity contribution >= 4 is 22.9 Å². The molecule has 3 rings (SSSR count). The van der Waals surface area contributed by atoms with Crippen molar-refractivity contribution in [3.05, 3.63) is 39.3 Å². The summed E-state index contributed by atoms with van der Waals surface area (Å²) in [5, 5.41) is 7.87. The molecule has 1 atom stereocenters. The fourth-order valence-corrected chi connectivity index (χ4v) is 4.07. The molecule has 0 bridgehead atoms. The van der Waals surface area contributed by atoms with E-state index in [-0.39, 0.29) is 0 Å². The lowest BCUT2D eigenvalue weighted by Gasteiger charge is -2.23. The third kappa shape index (κ3) is 3.19. The standard InChI is InChI=1S/C14H18ClN3S/c15-14-10-11-12(4-1-5-13(11)19-14)16-6-2-8-18-9-3-7-17-18/h3,7,9-10,12,16H,1-2,4-6,8H2. The van der Waals surface area contributed by atoms with E-state index in [1.165, 1.54) is 29.7 Å². The maximum absolute atomic E-state index is 6.12. The summed E-state index contributed by atoms with van der Waals surface area (Å²) >= 11 is 7.87. The second kappa shape index (κ2) is 6.07. The van der Waals surface area contributed by atoms with Gasteiger partial charge in [-0.15, -0.1) is 11.3 Å². The Morgan fingerprint density at radius 1 is 1.53 bits per heavy atom. The van der Waals surface area contributed by atoms with Crippen molar-refractivity contribution < 1.29 is 0 Å². The van der Waals surface area contributed by atoms with E-state index < -0.39 is 0 Å². The number of fused-ring (bicyclic) bond motifs is 1. The van der Waals surface area contributed by atoms with Crippen LogP contribution in [0, 0.1) is 0 Å². The molecule has 102 valence electrons. The zero-order valence-electron chi connectivity index (χ0n) is 10.8. The van der Waals surface area contributed by atoms with E-state index in [1.54, 1.807) is 11.3 Å². The van der Waals surface area contributed by atoms with E-state index >= 15 is 0 Å². The minimum absolute atomic E-state index is 0.491. The van der Waals surface area contributed by atoms with Crippen LogP contribution in [0.5, 0.6) is 0 Å². The van der Waals surface area contributed by atoms with Gasteiger partial charge in [-0.25, -0.2) is 0 Å². The van der Waals surface area contributed by atoms with Gasteiger partial charge < -0.3 is 5.32 Å². The van der Waals surface area contributed by atoms with Crippen molar-refractivity contribution in [1.82, 2.24) is 15.1 Å². The molecular formula is C14H18ClN3S. The predicted molar refractivity (Wildman–Crippen MR) is 79.9 cm³/mol. The van der Waals surface area contributed by atoms with Crippen LogP contribution in [0.15, 0.2) is 24.5 Å². The summed E-state index contributed by atoms with van der Waals surface area (Å²) in [4.78, 5) is 1.47. The van der Waals surface area contributed by atoms with Crippen LogP contribution in [-0.4, -0.2) is 16.3 Å². The molecule has 3 nitrogen and oxygen atoms in total. The molecule has 19 heavy (non-hydrogen) atoms. The van der Waals surface area contributed by atoms with Crippen molar-refractivity contribution in [2.24, 2.45) is 0 Å². The largest absolute Gasteiger partial charge is 0.310 e. The molecule has 5 heteroatoms. The molecule has 0 saturated carbocycles. The van der Waals surface area contributed by atoms with Gasteiger partial charge in [-0.2, -0.15) is 5.10 Å². The Hall–Kier alpha value is -0.840. The number of rotatable bonds is 5. The monoisotopic (exact) mass is 295 g/mol. The molecule has 1 N–H and O–H groups in total. The van der Waals surface area contributed by atoms with Gasteiger partial charge in [0.1, 0.15) is 0 Å². The van der Waals surface area contributed by atoms with E-state index in [0.29, 0.717) is 6.04 Å². The topological polar surface area (TPSA) is 29.9 Å². The highest BCUT2D eigenvalue weighted by atomic mass is 35.5. The Kier molecular flexibility index (Phi) is 4.21. The van der Waals surface area contributed by atoms with Gasteiger partial charge in [-0.1, -0.05) is 11.6 Å². The summed E-state index contributed by atoms with van der Waals surface area (Å²) in [6, 6.07) is 4.60. The Balaban J connectivity index is 1.50. The molecular weight excluding hydrogens is 278 g/mol. The minimum Gasteiger partial charge on any atom is -0.310 e. The highest BCUT2D eigenvalue weighted by Gasteiger charge is 2.21. The molecule has 0 aliphatic heterocycles. The van der Waals surface area contributed by atoms with Crippen LogP contribution in [0.1, 0.15) is 35.7 Å². The highest BCUT2D eigenvalue weighted by Crippen LogP contribution is 2.37. The van der Waals surface area contributed by atoms with Gasteiger partial charge >= 0.3 is 0 Å². The molecule has 0 amide bonds. The van der Waals surface area contributed by atoms with Gasteiger partial charge in [0.2, 0.25) is 0 Å². The Bertz CT molecular complexity index is 521. The number of hydrogen-bond acceptors (Lipinski definition) is 3. The summed E-state index contributed by atoms with van der Waals surface area (Å²) in [6.07, 6.45) is 8.62. The lowest BCUT2D eigenvalue weighted by Crippen LogP contribution is -2.25. The average Bonchev–Trinajstić information content (AvgIpc) is 3.02. The smallest absolute Gasteiger partial charge is 0.0934 e. The first kappa shape index (κ1) is 13.2. The van der Waals surface area contributed by atoms with Gasteiger partial charge in [0.15, 0.2) is 0 Å². The highest BCUT2D eigenvalue weighted by molar-refractivity contribution is 7.16. The second-order valence-electron chi connectivity index (χ2n) is 4.95. The predicted octanol–water partition coefficient (Wildman–Crippen LogP) is 3.66. The molecule has 2 heterocycles. The van der Waals surface area contributed by atoms with Crippen molar-refractivity contribution in [3.8, 4) is 0 Å². The van der Waals surface area contributed by atoms with Crippen molar-refractivity contribution in [2.45, 2.75) is 38.3 Å². The fraction of sp³-hybridized carbons (Fsp3) is 0.500. The van der Waals surface area contributed by atoms with Crippen molar-refractivity contribution in [3.63, 3.8) is 0 Å². The molecule has 0 radical (unpaired) electrons. The van der Waals surface area contributed by atoms with E-state index in [0.717, 1.165) is 23.8 Å². The molecule has 0 spiro atoms. The number of thiophene rings is 1. The lowest BCUT2D eigenvalue weighted by atomic mass is 9.94. The van der Waals surface area contributed by atoms with Gasteiger partial charge in [-0.05, 0) is 49.9 Å². The van der Waals surface area contributed by atoms with Gasteiger partial charge in [0, 0.05) is 29.9 Å². The van der Waals surface area contributed by atoms with Crippen LogP contribution < -0.4 is 5.32 Å². The zero-order chi connectivity index (χ0) is 13.1. The van der Waals surface area contributed by atoms with Crippen LogP contribution >= 0.6 is 22.9 Å². The van der Waals surface area contributed by atoms with Crippen LogP contribution in [0.25, 0.3) is 0 Å². The number of hydrogen-bond donors (Lipinski definition) is 1. The van der Waals surface area contributed by atoms with Crippen LogP contribution in [-0.2, 0) is 13.0 Å². The Morgan fingerprint density at radius 2 is 2.47 bits per heavy atom. The molecule has 2 aromatic rings. The van der Waals surface area contributed by atoms with Crippen LogP contribution in [0.4, 0.5) is 0 Å². The summed E-state index contributed by atoms with van der Waals surface area (Å²) in [6.45, 7) is 2.00. The number of nitrogens with zero attached hydrogens (tertiary/aromatic N) is 2. The molecule has 0 saturated heterocycles. The number of nitrogens with one attached hydrogen (secondary N) is 1. The minimum atomic E-state index is 0.491. The van der Waals surface area contributed by atoms with Crippen molar-refractivity contribution in [1.29, 1.82) is 0 Å². The van der Waals surface area contributed by atoms with E-state index in [2.05, 4.69) is 16.5 Å². The molecule has 1 aliphatic rings. The third-order valence-corrected chi connectivity index (χ3v) is 4.94. The van der Waals surface area contributed by atoms with Gasteiger partial charge in [-0.3, -0.25) is 4.68 Å². The SMILES string of the molecule is Clc1cc2c(s1)CCCC2NCCCn1cccn1. The molecule has 2 aromatic heterocycles. The normalized spacial score (nSPS) is 18.5. The summed E-state index contributed by atoms with van der Waals surface area (Å²) in [7, 11) is 0. The zero-order valence-corrected chi connectivity index (χ0v) is 12.4. The number of aromatic nitrogens is 2. The maximum atomic E-state index is 6.12. The first-order chi connectivity index (χ1) is 9.33. The quantitative estimate of drug-likeness (QED) is 0.853. The Morgan fingerprint density at radius 3 is 3.32 bits per heavy atom. The van der Waals surface area contributed by atoms with E-state index in [4.69, 9.17) is 11.6 Å². The van der Waals surface area contributed by atoms with E-state index in [1.807, 2.05) is 23.1 Å². The molecule has 0 fully saturated rings.